The third-order valence-electron chi connectivity index (χ3n) is 3.48. The summed E-state index contributed by atoms with van der Waals surface area (Å²) < 4.78 is 5.38. The Bertz CT molecular complexity index is 518. The van der Waals surface area contributed by atoms with Crippen LogP contribution >= 0.6 is 0 Å². The molecule has 2 nitrogen and oxygen atoms in total. The minimum Gasteiger partial charge on any atom is -0.379 e. The SMILES string of the molecule is [c]1cccc(-c2cccc(CN3CCOCC3)c2)c1. The van der Waals surface area contributed by atoms with Gasteiger partial charge in [0.25, 0.3) is 0 Å². The van der Waals surface area contributed by atoms with Crippen molar-refractivity contribution >= 4 is 0 Å². The van der Waals surface area contributed by atoms with Crippen LogP contribution in [0.5, 0.6) is 0 Å². The van der Waals surface area contributed by atoms with Gasteiger partial charge in [-0.2, -0.15) is 0 Å². The van der Waals surface area contributed by atoms with Gasteiger partial charge in [0.1, 0.15) is 0 Å². The molecule has 0 aromatic heterocycles. The van der Waals surface area contributed by atoms with Gasteiger partial charge in [0.05, 0.1) is 13.2 Å². The second-order valence-corrected chi connectivity index (χ2v) is 4.88. The summed E-state index contributed by atoms with van der Waals surface area (Å²) >= 11 is 0. The van der Waals surface area contributed by atoms with Crippen LogP contribution in [0.25, 0.3) is 11.1 Å². The minimum absolute atomic E-state index is 0.854. The third kappa shape index (κ3) is 3.22. The quantitative estimate of drug-likeness (QED) is 0.832. The van der Waals surface area contributed by atoms with E-state index in [4.69, 9.17) is 4.74 Å². The van der Waals surface area contributed by atoms with E-state index in [2.05, 4.69) is 41.3 Å². The molecule has 0 bridgehead atoms. The molecule has 1 fully saturated rings. The topological polar surface area (TPSA) is 12.5 Å². The van der Waals surface area contributed by atoms with E-state index >= 15 is 0 Å². The summed E-state index contributed by atoms with van der Waals surface area (Å²) in [5, 5.41) is 0. The van der Waals surface area contributed by atoms with E-state index in [0.717, 1.165) is 32.8 Å². The molecule has 1 heterocycles. The maximum Gasteiger partial charge on any atom is 0.0594 e. The van der Waals surface area contributed by atoms with Gasteiger partial charge in [-0.25, -0.2) is 0 Å². The van der Waals surface area contributed by atoms with Crippen molar-refractivity contribution in [2.45, 2.75) is 6.54 Å². The molecule has 1 saturated heterocycles. The van der Waals surface area contributed by atoms with Crippen LogP contribution in [-0.2, 0) is 11.3 Å². The highest BCUT2D eigenvalue weighted by Gasteiger charge is 2.10. The zero-order valence-electron chi connectivity index (χ0n) is 11.0. The summed E-state index contributed by atoms with van der Waals surface area (Å²) in [6, 6.07) is 20.0. The Morgan fingerprint density at radius 2 is 1.89 bits per heavy atom. The standard InChI is InChI=1S/C17H18NO/c1-2-6-16(7-3-1)17-8-4-5-15(13-17)14-18-9-11-19-12-10-18/h1-2,4-8,13H,9-12,14H2. The van der Waals surface area contributed by atoms with Gasteiger partial charge in [0, 0.05) is 19.6 Å². The monoisotopic (exact) mass is 252 g/mol. The van der Waals surface area contributed by atoms with Crippen LogP contribution in [0, 0.1) is 6.07 Å². The minimum atomic E-state index is 0.854. The maximum absolute atomic E-state index is 5.38. The number of hydrogen-bond acceptors (Lipinski definition) is 2. The number of hydrogen-bond donors (Lipinski definition) is 0. The van der Waals surface area contributed by atoms with Crippen LogP contribution < -0.4 is 0 Å². The predicted molar refractivity (Wildman–Crippen MR) is 76.8 cm³/mol. The van der Waals surface area contributed by atoms with E-state index < -0.39 is 0 Å². The lowest BCUT2D eigenvalue weighted by Crippen LogP contribution is -2.35. The van der Waals surface area contributed by atoms with E-state index in [1.165, 1.54) is 16.7 Å². The third-order valence-corrected chi connectivity index (χ3v) is 3.48. The Labute approximate surface area is 114 Å². The zero-order chi connectivity index (χ0) is 12.9. The molecule has 1 radical (unpaired) electrons. The zero-order valence-corrected chi connectivity index (χ0v) is 11.0. The first kappa shape index (κ1) is 12.4. The summed E-state index contributed by atoms with van der Waals surface area (Å²) in [4.78, 5) is 2.44. The number of nitrogens with zero attached hydrogens (tertiary/aromatic N) is 1. The van der Waals surface area contributed by atoms with Crippen molar-refractivity contribution < 1.29 is 4.74 Å². The predicted octanol–water partition coefficient (Wildman–Crippen LogP) is 2.99. The van der Waals surface area contributed by atoms with Crippen LogP contribution in [0.1, 0.15) is 5.56 Å². The van der Waals surface area contributed by atoms with Crippen LogP contribution in [0.3, 0.4) is 0 Å². The maximum atomic E-state index is 5.38. The molecule has 0 amide bonds. The van der Waals surface area contributed by atoms with Gasteiger partial charge in [0.15, 0.2) is 0 Å². The highest BCUT2D eigenvalue weighted by molar-refractivity contribution is 5.63. The van der Waals surface area contributed by atoms with Crippen molar-refractivity contribution in [3.63, 3.8) is 0 Å². The summed E-state index contributed by atoms with van der Waals surface area (Å²) in [6.07, 6.45) is 0. The lowest BCUT2D eigenvalue weighted by atomic mass is 10.0. The van der Waals surface area contributed by atoms with E-state index in [1.54, 1.807) is 0 Å². The molecule has 0 aliphatic carbocycles. The molecule has 0 unspecified atom stereocenters. The normalized spacial score (nSPS) is 16.4. The Morgan fingerprint density at radius 1 is 1.05 bits per heavy atom. The molecule has 0 spiro atoms. The molecule has 2 aromatic carbocycles. The molecule has 1 aliphatic heterocycles. The highest BCUT2D eigenvalue weighted by atomic mass is 16.5. The summed E-state index contributed by atoms with van der Waals surface area (Å²) in [5.41, 5.74) is 3.86. The van der Waals surface area contributed by atoms with Crippen molar-refractivity contribution in [2.75, 3.05) is 26.3 Å². The molecule has 0 atom stereocenters. The first-order valence-corrected chi connectivity index (χ1v) is 6.77. The average Bonchev–Trinajstić information content (AvgIpc) is 2.49. The average molecular weight is 252 g/mol. The van der Waals surface area contributed by atoms with E-state index in [9.17, 15) is 0 Å². The van der Waals surface area contributed by atoms with E-state index in [1.807, 2.05) is 18.2 Å². The first-order chi connectivity index (χ1) is 9.42. The summed E-state index contributed by atoms with van der Waals surface area (Å²) in [6.45, 7) is 4.78. The molecule has 0 N–H and O–H groups in total. The van der Waals surface area contributed by atoms with Crippen molar-refractivity contribution in [1.82, 2.24) is 4.90 Å². The van der Waals surface area contributed by atoms with Crippen molar-refractivity contribution in [3.05, 3.63) is 60.2 Å². The molecule has 2 heteroatoms. The fourth-order valence-electron chi connectivity index (χ4n) is 2.44. The fourth-order valence-corrected chi connectivity index (χ4v) is 2.44. The van der Waals surface area contributed by atoms with Gasteiger partial charge >= 0.3 is 0 Å². The summed E-state index contributed by atoms with van der Waals surface area (Å²) in [5.74, 6) is 0. The van der Waals surface area contributed by atoms with E-state index in [-0.39, 0.29) is 0 Å². The van der Waals surface area contributed by atoms with Crippen molar-refractivity contribution in [3.8, 4) is 11.1 Å². The fraction of sp³-hybridized carbons (Fsp3) is 0.294. The Kier molecular flexibility index (Phi) is 3.92. The molecule has 3 rings (SSSR count). The van der Waals surface area contributed by atoms with E-state index in [0.29, 0.717) is 0 Å². The van der Waals surface area contributed by atoms with Gasteiger partial charge in [-0.3, -0.25) is 4.90 Å². The van der Waals surface area contributed by atoms with Gasteiger partial charge in [0.2, 0.25) is 0 Å². The molecule has 1 aliphatic rings. The lowest BCUT2D eigenvalue weighted by molar-refractivity contribution is 0.0342. The van der Waals surface area contributed by atoms with Crippen LogP contribution in [0.4, 0.5) is 0 Å². The summed E-state index contributed by atoms with van der Waals surface area (Å²) in [7, 11) is 0. The second kappa shape index (κ2) is 6.00. The smallest absolute Gasteiger partial charge is 0.0594 e. The van der Waals surface area contributed by atoms with Gasteiger partial charge in [-0.15, -0.1) is 0 Å². The molecule has 0 saturated carbocycles. The Hall–Kier alpha value is -1.64. The Balaban J connectivity index is 1.76. The van der Waals surface area contributed by atoms with Crippen LogP contribution in [-0.4, -0.2) is 31.2 Å². The molecule has 19 heavy (non-hydrogen) atoms. The molecular formula is C17H18NO. The second-order valence-electron chi connectivity index (χ2n) is 4.88. The van der Waals surface area contributed by atoms with Crippen LogP contribution in [0.2, 0.25) is 0 Å². The largest absolute Gasteiger partial charge is 0.379 e. The number of rotatable bonds is 3. The molecule has 2 aromatic rings. The number of ether oxygens (including phenoxy) is 1. The number of benzene rings is 2. The lowest BCUT2D eigenvalue weighted by Gasteiger charge is -2.26. The van der Waals surface area contributed by atoms with Gasteiger partial charge in [-0.1, -0.05) is 36.4 Å². The van der Waals surface area contributed by atoms with Gasteiger partial charge in [-0.05, 0) is 34.9 Å². The highest BCUT2D eigenvalue weighted by Crippen LogP contribution is 2.20. The van der Waals surface area contributed by atoms with Crippen molar-refractivity contribution in [1.29, 1.82) is 0 Å². The molecular weight excluding hydrogens is 234 g/mol. The number of morpholine rings is 1. The van der Waals surface area contributed by atoms with Crippen molar-refractivity contribution in [2.24, 2.45) is 0 Å². The Morgan fingerprint density at radius 3 is 2.68 bits per heavy atom. The molecule has 97 valence electrons. The first-order valence-electron chi connectivity index (χ1n) is 6.77. The van der Waals surface area contributed by atoms with Crippen LogP contribution in [0.15, 0.2) is 48.5 Å². The van der Waals surface area contributed by atoms with Gasteiger partial charge < -0.3 is 4.74 Å².